The smallest absolute Gasteiger partial charge is 0.408 e. The molecule has 0 bridgehead atoms. The third-order valence-electron chi connectivity index (χ3n) is 3.17. The summed E-state index contributed by atoms with van der Waals surface area (Å²) in [6.07, 6.45) is -1.11. The van der Waals surface area contributed by atoms with E-state index in [0.717, 1.165) is 0 Å². The quantitative estimate of drug-likeness (QED) is 0.775. The average molecular weight is 355 g/mol. The van der Waals surface area contributed by atoms with E-state index in [0.29, 0.717) is 22.8 Å². The minimum atomic E-state index is -1.10. The predicted molar refractivity (Wildman–Crippen MR) is 90.5 cm³/mol. The van der Waals surface area contributed by atoms with Gasteiger partial charge in [-0.05, 0) is 20.8 Å². The van der Waals surface area contributed by atoms with Crippen LogP contribution in [0.1, 0.15) is 38.8 Å². The van der Waals surface area contributed by atoms with Crippen LogP contribution in [0.4, 0.5) is 4.79 Å². The SMILES string of the molecule is COc1cc(OC)c([C@@H](CC(=O)O)NC(=O)OC(C)(C)C)c(OC)c1. The molecule has 1 amide bonds. The van der Waals surface area contributed by atoms with Crippen LogP contribution < -0.4 is 19.5 Å². The first-order valence-electron chi connectivity index (χ1n) is 7.62. The molecule has 1 atom stereocenters. The topological polar surface area (TPSA) is 103 Å². The molecule has 140 valence electrons. The molecule has 0 spiro atoms. The lowest BCUT2D eigenvalue weighted by Crippen LogP contribution is -2.36. The molecule has 2 N–H and O–H groups in total. The number of carbonyl (C=O) groups excluding carboxylic acids is 1. The zero-order valence-electron chi connectivity index (χ0n) is 15.3. The van der Waals surface area contributed by atoms with Gasteiger partial charge in [0.15, 0.2) is 0 Å². The molecule has 0 saturated heterocycles. The monoisotopic (exact) mass is 355 g/mol. The maximum absolute atomic E-state index is 12.1. The molecular weight excluding hydrogens is 330 g/mol. The minimum Gasteiger partial charge on any atom is -0.496 e. The van der Waals surface area contributed by atoms with Gasteiger partial charge < -0.3 is 29.4 Å². The summed E-state index contributed by atoms with van der Waals surface area (Å²) in [4.78, 5) is 23.4. The van der Waals surface area contributed by atoms with E-state index < -0.39 is 23.7 Å². The van der Waals surface area contributed by atoms with Crippen molar-refractivity contribution in [3.8, 4) is 17.2 Å². The Kier molecular flexibility index (Phi) is 6.90. The van der Waals surface area contributed by atoms with E-state index >= 15 is 0 Å². The van der Waals surface area contributed by atoms with E-state index in [1.54, 1.807) is 32.9 Å². The number of hydrogen-bond acceptors (Lipinski definition) is 6. The molecule has 0 unspecified atom stereocenters. The second-order valence-corrected chi connectivity index (χ2v) is 6.24. The first-order chi connectivity index (χ1) is 11.6. The summed E-state index contributed by atoms with van der Waals surface area (Å²) in [5.41, 5.74) is -0.328. The Morgan fingerprint density at radius 3 is 1.96 bits per heavy atom. The molecule has 0 saturated carbocycles. The number of alkyl carbamates (subject to hydrolysis) is 1. The molecule has 8 nitrogen and oxygen atoms in total. The lowest BCUT2D eigenvalue weighted by molar-refractivity contribution is -0.137. The molecule has 8 heteroatoms. The second-order valence-electron chi connectivity index (χ2n) is 6.24. The summed E-state index contributed by atoms with van der Waals surface area (Å²) < 4.78 is 21.0. The van der Waals surface area contributed by atoms with Crippen LogP contribution in [0.3, 0.4) is 0 Å². The zero-order chi connectivity index (χ0) is 19.2. The van der Waals surface area contributed by atoms with Crippen LogP contribution in [0.5, 0.6) is 17.2 Å². The molecule has 0 heterocycles. The summed E-state index contributed by atoms with van der Waals surface area (Å²) in [7, 11) is 4.35. The van der Waals surface area contributed by atoms with Gasteiger partial charge in [0.25, 0.3) is 0 Å². The van der Waals surface area contributed by atoms with Crippen molar-refractivity contribution in [2.75, 3.05) is 21.3 Å². The van der Waals surface area contributed by atoms with Crippen molar-refractivity contribution < 1.29 is 33.6 Å². The molecule has 0 radical (unpaired) electrons. The molecule has 0 fully saturated rings. The number of hydrogen-bond donors (Lipinski definition) is 2. The average Bonchev–Trinajstić information content (AvgIpc) is 2.50. The molecule has 1 rings (SSSR count). The van der Waals surface area contributed by atoms with Crippen LogP contribution >= 0.6 is 0 Å². The van der Waals surface area contributed by atoms with Crippen LogP contribution in [0, 0.1) is 0 Å². The largest absolute Gasteiger partial charge is 0.496 e. The Morgan fingerprint density at radius 1 is 1.08 bits per heavy atom. The van der Waals surface area contributed by atoms with Crippen LogP contribution in [-0.4, -0.2) is 44.1 Å². The van der Waals surface area contributed by atoms with Crippen molar-refractivity contribution in [3.05, 3.63) is 17.7 Å². The van der Waals surface area contributed by atoms with E-state index in [2.05, 4.69) is 5.32 Å². The summed E-state index contributed by atoms with van der Waals surface area (Å²) in [6, 6.07) is 2.26. The molecule has 0 aliphatic rings. The highest BCUT2D eigenvalue weighted by Crippen LogP contribution is 2.39. The Labute approximate surface area is 147 Å². The van der Waals surface area contributed by atoms with Gasteiger partial charge in [-0.2, -0.15) is 0 Å². The van der Waals surface area contributed by atoms with Crippen molar-refractivity contribution in [1.29, 1.82) is 0 Å². The van der Waals surface area contributed by atoms with Crippen LogP contribution in [0.15, 0.2) is 12.1 Å². The Hall–Kier alpha value is -2.64. The number of methoxy groups -OCH3 is 3. The number of nitrogens with one attached hydrogen (secondary N) is 1. The summed E-state index contributed by atoms with van der Waals surface area (Å²) >= 11 is 0. The highest BCUT2D eigenvalue weighted by Gasteiger charge is 2.28. The molecule has 0 aliphatic carbocycles. The minimum absolute atomic E-state index is 0.332. The Balaban J connectivity index is 3.30. The lowest BCUT2D eigenvalue weighted by Gasteiger charge is -2.25. The highest BCUT2D eigenvalue weighted by atomic mass is 16.6. The van der Waals surface area contributed by atoms with Gasteiger partial charge in [-0.1, -0.05) is 0 Å². The molecular formula is C17H25NO7. The number of carbonyl (C=O) groups is 2. The number of carboxylic acid groups (broad SMARTS) is 1. The van der Waals surface area contributed by atoms with Crippen molar-refractivity contribution in [2.24, 2.45) is 0 Å². The fourth-order valence-electron chi connectivity index (χ4n) is 2.23. The summed E-state index contributed by atoms with van der Waals surface area (Å²) in [5, 5.41) is 11.8. The van der Waals surface area contributed by atoms with E-state index in [1.165, 1.54) is 21.3 Å². The lowest BCUT2D eigenvalue weighted by atomic mass is 10.0. The van der Waals surface area contributed by atoms with E-state index in [-0.39, 0.29) is 6.42 Å². The zero-order valence-corrected chi connectivity index (χ0v) is 15.3. The normalized spacial score (nSPS) is 12.1. The van der Waals surface area contributed by atoms with Crippen molar-refractivity contribution in [2.45, 2.75) is 38.8 Å². The maximum atomic E-state index is 12.1. The first kappa shape index (κ1) is 20.4. The van der Waals surface area contributed by atoms with Gasteiger partial charge in [-0.15, -0.1) is 0 Å². The predicted octanol–water partition coefficient (Wildman–Crippen LogP) is 2.75. The van der Waals surface area contributed by atoms with Gasteiger partial charge in [0.2, 0.25) is 0 Å². The molecule has 0 aromatic heterocycles. The molecule has 1 aromatic rings. The number of aliphatic carboxylic acids is 1. The summed E-state index contributed by atoms with van der Waals surface area (Å²) in [6.45, 7) is 5.15. The first-order valence-corrected chi connectivity index (χ1v) is 7.62. The van der Waals surface area contributed by atoms with Gasteiger partial charge in [-0.3, -0.25) is 4.79 Å². The van der Waals surface area contributed by atoms with E-state index in [9.17, 15) is 14.7 Å². The van der Waals surface area contributed by atoms with Gasteiger partial charge in [0.05, 0.1) is 39.4 Å². The number of ether oxygens (including phenoxy) is 4. The summed E-state index contributed by atoms with van der Waals surface area (Å²) in [5.74, 6) is 0.0433. The number of carboxylic acids is 1. The van der Waals surface area contributed by atoms with Crippen molar-refractivity contribution >= 4 is 12.1 Å². The maximum Gasteiger partial charge on any atom is 0.408 e. The second kappa shape index (κ2) is 8.46. The van der Waals surface area contributed by atoms with Crippen LogP contribution in [0.2, 0.25) is 0 Å². The molecule has 1 aromatic carbocycles. The highest BCUT2D eigenvalue weighted by molar-refractivity contribution is 5.73. The number of amides is 1. The third-order valence-corrected chi connectivity index (χ3v) is 3.17. The van der Waals surface area contributed by atoms with Gasteiger partial charge >= 0.3 is 12.1 Å². The van der Waals surface area contributed by atoms with E-state index in [1.807, 2.05) is 0 Å². The number of rotatable bonds is 7. The van der Waals surface area contributed by atoms with E-state index in [4.69, 9.17) is 18.9 Å². The third kappa shape index (κ3) is 6.06. The number of benzene rings is 1. The Morgan fingerprint density at radius 2 is 1.60 bits per heavy atom. The van der Waals surface area contributed by atoms with Crippen molar-refractivity contribution in [3.63, 3.8) is 0 Å². The van der Waals surface area contributed by atoms with Crippen LogP contribution in [0.25, 0.3) is 0 Å². The van der Waals surface area contributed by atoms with Crippen molar-refractivity contribution in [1.82, 2.24) is 5.32 Å². The molecule has 25 heavy (non-hydrogen) atoms. The fourth-order valence-corrected chi connectivity index (χ4v) is 2.23. The van der Waals surface area contributed by atoms with Crippen LogP contribution in [-0.2, 0) is 9.53 Å². The van der Waals surface area contributed by atoms with Gasteiger partial charge in [0, 0.05) is 12.1 Å². The standard InChI is InChI=1S/C17H25NO7/c1-17(2,3)25-16(21)18-11(9-14(19)20)15-12(23-5)7-10(22-4)8-13(15)24-6/h7-8,11H,9H2,1-6H3,(H,18,21)(H,19,20)/t11-/m1/s1. The Bertz CT molecular complexity index is 597. The van der Waals surface area contributed by atoms with Gasteiger partial charge in [-0.25, -0.2) is 4.79 Å². The van der Waals surface area contributed by atoms with Gasteiger partial charge in [0.1, 0.15) is 22.8 Å². The molecule has 0 aliphatic heterocycles. The fraction of sp³-hybridized carbons (Fsp3) is 0.529.